The monoisotopic (exact) mass is 295 g/mol. The first-order valence-electron chi connectivity index (χ1n) is 7.14. The minimum absolute atomic E-state index is 0.0461. The van der Waals surface area contributed by atoms with E-state index in [-0.39, 0.29) is 12.3 Å². The zero-order chi connectivity index (χ0) is 15.8. The quantitative estimate of drug-likeness (QED) is 0.772. The van der Waals surface area contributed by atoms with Gasteiger partial charge in [-0.25, -0.2) is 0 Å². The number of hydrogen-bond acceptors (Lipinski definition) is 4. The molecule has 0 aliphatic carbocycles. The largest absolute Gasteiger partial charge is 0.497 e. The molecule has 2 N–H and O–H groups in total. The molecule has 0 aliphatic heterocycles. The Balaban J connectivity index is 2.59. The van der Waals surface area contributed by atoms with Gasteiger partial charge in [0.25, 0.3) is 0 Å². The van der Waals surface area contributed by atoms with Crippen molar-refractivity contribution < 1.29 is 19.4 Å². The fourth-order valence-electron chi connectivity index (χ4n) is 1.92. The van der Waals surface area contributed by atoms with Gasteiger partial charge < -0.3 is 19.9 Å². The summed E-state index contributed by atoms with van der Waals surface area (Å²) >= 11 is 0. The first-order chi connectivity index (χ1) is 9.97. The second-order valence-electron chi connectivity index (χ2n) is 5.36. The average Bonchev–Trinajstić information content (AvgIpc) is 2.49. The Morgan fingerprint density at radius 3 is 2.57 bits per heavy atom. The first-order valence-corrected chi connectivity index (χ1v) is 7.14. The van der Waals surface area contributed by atoms with Crippen molar-refractivity contribution in [2.45, 2.75) is 32.8 Å². The number of benzene rings is 1. The van der Waals surface area contributed by atoms with Crippen molar-refractivity contribution in [1.29, 1.82) is 0 Å². The van der Waals surface area contributed by atoms with Crippen molar-refractivity contribution in [3.63, 3.8) is 0 Å². The van der Waals surface area contributed by atoms with Gasteiger partial charge in [-0.3, -0.25) is 4.79 Å². The van der Waals surface area contributed by atoms with Gasteiger partial charge in [0.05, 0.1) is 20.3 Å². The highest BCUT2D eigenvalue weighted by molar-refractivity contribution is 5.75. The Hall–Kier alpha value is -1.75. The number of rotatable bonds is 8. The van der Waals surface area contributed by atoms with Gasteiger partial charge in [-0.15, -0.1) is 0 Å². The summed E-state index contributed by atoms with van der Waals surface area (Å²) in [7, 11) is 3.12. The van der Waals surface area contributed by atoms with E-state index in [9.17, 15) is 9.90 Å². The Morgan fingerprint density at radius 1 is 1.29 bits per heavy atom. The van der Waals surface area contributed by atoms with E-state index in [1.807, 2.05) is 13.8 Å². The van der Waals surface area contributed by atoms with Crippen LogP contribution in [0.25, 0.3) is 0 Å². The lowest BCUT2D eigenvalue weighted by molar-refractivity contribution is -0.121. The SMILES string of the molecule is COc1ccc(C(O)CCC(=O)NCC(C)C)c(OC)c1. The van der Waals surface area contributed by atoms with Crippen LogP contribution in [-0.2, 0) is 4.79 Å². The number of aliphatic hydroxyl groups excluding tert-OH is 1. The topological polar surface area (TPSA) is 67.8 Å². The molecule has 0 spiro atoms. The number of hydrogen-bond donors (Lipinski definition) is 2. The van der Waals surface area contributed by atoms with Crippen molar-refractivity contribution >= 4 is 5.91 Å². The van der Waals surface area contributed by atoms with E-state index in [0.29, 0.717) is 35.9 Å². The molecule has 1 amide bonds. The van der Waals surface area contributed by atoms with Crippen LogP contribution in [0.4, 0.5) is 0 Å². The van der Waals surface area contributed by atoms with Crippen LogP contribution in [0.5, 0.6) is 11.5 Å². The maximum absolute atomic E-state index is 11.7. The number of ether oxygens (including phenoxy) is 2. The molecule has 0 saturated heterocycles. The van der Waals surface area contributed by atoms with Crippen LogP contribution in [0.3, 0.4) is 0 Å². The van der Waals surface area contributed by atoms with Gasteiger partial charge >= 0.3 is 0 Å². The van der Waals surface area contributed by atoms with Gasteiger partial charge in [-0.1, -0.05) is 13.8 Å². The second-order valence-corrected chi connectivity index (χ2v) is 5.36. The molecule has 0 saturated carbocycles. The third kappa shape index (κ3) is 5.63. The maximum Gasteiger partial charge on any atom is 0.220 e. The van der Waals surface area contributed by atoms with Gasteiger partial charge in [0.2, 0.25) is 5.91 Å². The maximum atomic E-state index is 11.7. The Kier molecular flexibility index (Phi) is 7.02. The van der Waals surface area contributed by atoms with Crippen molar-refractivity contribution in [2.75, 3.05) is 20.8 Å². The third-order valence-electron chi connectivity index (χ3n) is 3.15. The van der Waals surface area contributed by atoms with E-state index in [4.69, 9.17) is 9.47 Å². The van der Waals surface area contributed by atoms with Crippen LogP contribution in [-0.4, -0.2) is 31.8 Å². The van der Waals surface area contributed by atoms with Crippen LogP contribution in [0.15, 0.2) is 18.2 Å². The summed E-state index contributed by atoms with van der Waals surface area (Å²) in [5.41, 5.74) is 0.662. The van der Waals surface area contributed by atoms with Gasteiger partial charge in [-0.05, 0) is 24.5 Å². The molecule has 5 nitrogen and oxygen atoms in total. The van der Waals surface area contributed by atoms with Crippen molar-refractivity contribution in [3.05, 3.63) is 23.8 Å². The molecule has 0 heterocycles. The van der Waals surface area contributed by atoms with Gasteiger partial charge in [-0.2, -0.15) is 0 Å². The third-order valence-corrected chi connectivity index (χ3v) is 3.15. The molecule has 0 bridgehead atoms. The summed E-state index contributed by atoms with van der Waals surface area (Å²) in [5, 5.41) is 13.1. The lowest BCUT2D eigenvalue weighted by Gasteiger charge is -2.16. The molecule has 0 aromatic heterocycles. The minimum atomic E-state index is -0.740. The summed E-state index contributed by atoms with van der Waals surface area (Å²) in [6.07, 6.45) is -0.106. The number of methoxy groups -OCH3 is 2. The van der Waals surface area contributed by atoms with Crippen LogP contribution in [0.1, 0.15) is 38.4 Å². The van der Waals surface area contributed by atoms with E-state index in [1.54, 1.807) is 32.4 Å². The Bertz CT molecular complexity index is 460. The summed E-state index contributed by atoms with van der Waals surface area (Å²) < 4.78 is 10.4. The van der Waals surface area contributed by atoms with Crippen LogP contribution in [0.2, 0.25) is 0 Å². The summed E-state index contributed by atoms with van der Waals surface area (Å²) in [6.45, 7) is 4.73. The molecular weight excluding hydrogens is 270 g/mol. The predicted molar refractivity (Wildman–Crippen MR) is 81.6 cm³/mol. The summed E-state index contributed by atoms with van der Waals surface area (Å²) in [5.74, 6) is 1.60. The predicted octanol–water partition coefficient (Wildman–Crippen LogP) is 2.29. The number of aliphatic hydroxyl groups is 1. The molecule has 1 atom stereocenters. The highest BCUT2D eigenvalue weighted by Crippen LogP contribution is 2.31. The van der Waals surface area contributed by atoms with Gasteiger partial charge in [0.15, 0.2) is 0 Å². The molecule has 1 aromatic rings. The van der Waals surface area contributed by atoms with Crippen LogP contribution < -0.4 is 14.8 Å². The van der Waals surface area contributed by atoms with Crippen molar-refractivity contribution in [1.82, 2.24) is 5.32 Å². The normalized spacial score (nSPS) is 12.1. The number of carbonyl (C=O) groups excluding carboxylic acids is 1. The second kappa shape index (κ2) is 8.52. The van der Waals surface area contributed by atoms with Crippen molar-refractivity contribution in [3.8, 4) is 11.5 Å². The summed E-state index contributed by atoms with van der Waals surface area (Å²) in [4.78, 5) is 11.7. The van der Waals surface area contributed by atoms with E-state index >= 15 is 0 Å². The fourth-order valence-corrected chi connectivity index (χ4v) is 1.92. The van der Waals surface area contributed by atoms with E-state index in [1.165, 1.54) is 0 Å². The molecule has 5 heteroatoms. The zero-order valence-corrected chi connectivity index (χ0v) is 13.2. The Morgan fingerprint density at radius 2 is 2.00 bits per heavy atom. The van der Waals surface area contributed by atoms with Crippen LogP contribution >= 0.6 is 0 Å². The standard InChI is InChI=1S/C16H25NO4/c1-11(2)10-17-16(19)8-7-14(18)13-6-5-12(20-3)9-15(13)21-4/h5-6,9,11,14,18H,7-8,10H2,1-4H3,(H,17,19). The fraction of sp³-hybridized carbons (Fsp3) is 0.562. The number of nitrogens with one attached hydrogen (secondary N) is 1. The first kappa shape index (κ1) is 17.3. The molecular formula is C16H25NO4. The zero-order valence-electron chi connectivity index (χ0n) is 13.2. The highest BCUT2D eigenvalue weighted by Gasteiger charge is 2.15. The van der Waals surface area contributed by atoms with E-state index in [0.717, 1.165) is 0 Å². The van der Waals surface area contributed by atoms with Gasteiger partial charge in [0, 0.05) is 24.6 Å². The highest BCUT2D eigenvalue weighted by atomic mass is 16.5. The molecule has 0 radical (unpaired) electrons. The van der Waals surface area contributed by atoms with E-state index < -0.39 is 6.10 Å². The lowest BCUT2D eigenvalue weighted by atomic mass is 10.0. The minimum Gasteiger partial charge on any atom is -0.497 e. The smallest absolute Gasteiger partial charge is 0.220 e. The van der Waals surface area contributed by atoms with E-state index in [2.05, 4.69) is 5.32 Å². The van der Waals surface area contributed by atoms with Crippen LogP contribution in [0, 0.1) is 5.92 Å². The number of carbonyl (C=O) groups is 1. The molecule has 118 valence electrons. The summed E-state index contributed by atoms with van der Waals surface area (Å²) in [6, 6.07) is 5.24. The molecule has 0 fully saturated rings. The average molecular weight is 295 g/mol. The lowest BCUT2D eigenvalue weighted by Crippen LogP contribution is -2.27. The molecule has 1 aromatic carbocycles. The van der Waals surface area contributed by atoms with Gasteiger partial charge in [0.1, 0.15) is 11.5 Å². The molecule has 21 heavy (non-hydrogen) atoms. The Labute approximate surface area is 126 Å². The molecule has 1 unspecified atom stereocenters. The molecule has 1 rings (SSSR count). The van der Waals surface area contributed by atoms with Crippen molar-refractivity contribution in [2.24, 2.45) is 5.92 Å². The number of amides is 1. The molecule has 0 aliphatic rings.